The van der Waals surface area contributed by atoms with Crippen LogP contribution >= 0.6 is 0 Å². The number of piperidine rings is 1. The summed E-state index contributed by atoms with van der Waals surface area (Å²) < 4.78 is 0. The quantitative estimate of drug-likeness (QED) is 0.560. The molecule has 0 aromatic carbocycles. The van der Waals surface area contributed by atoms with Gasteiger partial charge in [0.15, 0.2) is 0 Å². The summed E-state index contributed by atoms with van der Waals surface area (Å²) in [6.07, 6.45) is 10.6. The first-order chi connectivity index (χ1) is 7.81. The van der Waals surface area contributed by atoms with Gasteiger partial charge in [0.05, 0.1) is 5.84 Å². The van der Waals surface area contributed by atoms with Crippen LogP contribution in [0.5, 0.6) is 0 Å². The van der Waals surface area contributed by atoms with E-state index in [9.17, 15) is 0 Å². The molecule has 0 radical (unpaired) electrons. The fraction of sp³-hybridized carbons (Fsp3) is 0.929. The number of hydrogen-bond acceptors (Lipinski definition) is 1. The molecular formula is C14H26N2. The molecular weight excluding hydrogens is 196 g/mol. The first-order valence-corrected chi connectivity index (χ1v) is 7.14. The zero-order valence-electron chi connectivity index (χ0n) is 10.7. The van der Waals surface area contributed by atoms with E-state index in [1.165, 1.54) is 51.4 Å². The van der Waals surface area contributed by atoms with Gasteiger partial charge in [-0.05, 0) is 31.6 Å². The lowest BCUT2D eigenvalue weighted by Gasteiger charge is -2.37. The van der Waals surface area contributed by atoms with Crippen molar-refractivity contribution in [3.8, 4) is 0 Å². The number of amidine groups is 1. The van der Waals surface area contributed by atoms with Crippen molar-refractivity contribution in [3.05, 3.63) is 0 Å². The van der Waals surface area contributed by atoms with Crippen molar-refractivity contribution in [2.45, 2.75) is 58.3 Å². The molecule has 1 aliphatic carbocycles. The molecule has 2 rings (SSSR count). The molecule has 2 fully saturated rings. The van der Waals surface area contributed by atoms with Crippen molar-refractivity contribution in [1.82, 2.24) is 4.90 Å². The average Bonchev–Trinajstić information content (AvgIpc) is 2.39. The summed E-state index contributed by atoms with van der Waals surface area (Å²) in [7, 11) is 0. The summed E-state index contributed by atoms with van der Waals surface area (Å²) in [6, 6.07) is 0. The molecule has 92 valence electrons. The Morgan fingerprint density at radius 2 is 1.69 bits per heavy atom. The van der Waals surface area contributed by atoms with E-state index in [2.05, 4.69) is 11.8 Å². The Balaban J connectivity index is 1.81. The predicted octanol–water partition coefficient (Wildman–Crippen LogP) is 3.67. The lowest BCUT2D eigenvalue weighted by molar-refractivity contribution is 0.245. The van der Waals surface area contributed by atoms with Crippen LogP contribution in [-0.4, -0.2) is 23.8 Å². The minimum Gasteiger partial charge on any atom is -0.360 e. The van der Waals surface area contributed by atoms with E-state index in [1.54, 1.807) is 0 Å². The summed E-state index contributed by atoms with van der Waals surface area (Å²) in [5, 5.41) is 8.33. The molecule has 1 N–H and O–H groups in total. The second-order valence-electron chi connectivity index (χ2n) is 5.56. The van der Waals surface area contributed by atoms with Crippen LogP contribution in [0, 0.1) is 17.2 Å². The number of rotatable bonds is 2. The highest BCUT2D eigenvalue weighted by atomic mass is 15.2. The van der Waals surface area contributed by atoms with Gasteiger partial charge in [-0.1, -0.05) is 32.6 Å². The molecule has 2 nitrogen and oxygen atoms in total. The summed E-state index contributed by atoms with van der Waals surface area (Å²) >= 11 is 0. The first kappa shape index (κ1) is 11.9. The number of nitrogens with one attached hydrogen (secondary N) is 1. The van der Waals surface area contributed by atoms with Gasteiger partial charge in [0, 0.05) is 19.0 Å². The molecule has 0 amide bonds. The van der Waals surface area contributed by atoms with Crippen LogP contribution in [0.15, 0.2) is 0 Å². The molecule has 2 aliphatic rings. The number of nitrogens with zero attached hydrogens (tertiary/aromatic N) is 1. The molecule has 1 aliphatic heterocycles. The van der Waals surface area contributed by atoms with Crippen LogP contribution in [0.4, 0.5) is 0 Å². The second kappa shape index (κ2) is 5.70. The highest BCUT2D eigenvalue weighted by Gasteiger charge is 2.25. The molecule has 0 aromatic heterocycles. The maximum absolute atomic E-state index is 8.33. The lowest BCUT2D eigenvalue weighted by atomic mass is 9.86. The van der Waals surface area contributed by atoms with Crippen LogP contribution in [-0.2, 0) is 0 Å². The molecule has 0 atom stereocenters. The highest BCUT2D eigenvalue weighted by Crippen LogP contribution is 2.28. The third-order valence-corrected chi connectivity index (χ3v) is 4.52. The normalized spacial score (nSPS) is 24.7. The van der Waals surface area contributed by atoms with Crippen molar-refractivity contribution in [3.63, 3.8) is 0 Å². The van der Waals surface area contributed by atoms with Gasteiger partial charge in [0.25, 0.3) is 0 Å². The zero-order chi connectivity index (χ0) is 11.4. The maximum atomic E-state index is 8.33. The predicted molar refractivity (Wildman–Crippen MR) is 68.9 cm³/mol. The Morgan fingerprint density at radius 1 is 1.06 bits per heavy atom. The summed E-state index contributed by atoms with van der Waals surface area (Å²) in [6.45, 7) is 4.59. The molecule has 0 spiro atoms. The van der Waals surface area contributed by atoms with Crippen LogP contribution in [0.3, 0.4) is 0 Å². The van der Waals surface area contributed by atoms with Gasteiger partial charge in [0.2, 0.25) is 0 Å². The van der Waals surface area contributed by atoms with Gasteiger partial charge in [-0.3, -0.25) is 5.41 Å². The monoisotopic (exact) mass is 222 g/mol. The lowest BCUT2D eigenvalue weighted by Crippen LogP contribution is -2.41. The Bertz CT molecular complexity index is 223. The molecule has 0 aromatic rings. The van der Waals surface area contributed by atoms with E-state index >= 15 is 0 Å². The van der Waals surface area contributed by atoms with E-state index in [0.717, 1.165) is 24.8 Å². The van der Waals surface area contributed by atoms with E-state index in [1.807, 2.05) is 0 Å². The third-order valence-electron chi connectivity index (χ3n) is 4.52. The SMILES string of the molecule is CCC1CCN(C(=N)C2CCCCC2)CC1. The van der Waals surface area contributed by atoms with Gasteiger partial charge in [-0.2, -0.15) is 0 Å². The Hall–Kier alpha value is -0.530. The summed E-state index contributed by atoms with van der Waals surface area (Å²) in [5.41, 5.74) is 0. The third kappa shape index (κ3) is 2.78. The van der Waals surface area contributed by atoms with Crippen molar-refractivity contribution >= 4 is 5.84 Å². The average molecular weight is 222 g/mol. The Morgan fingerprint density at radius 3 is 2.25 bits per heavy atom. The fourth-order valence-electron chi connectivity index (χ4n) is 3.22. The van der Waals surface area contributed by atoms with E-state index in [-0.39, 0.29) is 0 Å². The molecule has 2 heteroatoms. The van der Waals surface area contributed by atoms with Crippen LogP contribution in [0.1, 0.15) is 58.3 Å². The first-order valence-electron chi connectivity index (χ1n) is 7.14. The van der Waals surface area contributed by atoms with Crippen molar-refractivity contribution in [2.24, 2.45) is 11.8 Å². The van der Waals surface area contributed by atoms with Crippen molar-refractivity contribution < 1.29 is 0 Å². The summed E-state index contributed by atoms with van der Waals surface area (Å²) in [5.74, 6) is 2.48. The minimum atomic E-state index is 0.590. The van der Waals surface area contributed by atoms with Gasteiger partial charge in [-0.15, -0.1) is 0 Å². The van der Waals surface area contributed by atoms with Gasteiger partial charge in [-0.25, -0.2) is 0 Å². The minimum absolute atomic E-state index is 0.590. The van der Waals surface area contributed by atoms with Gasteiger partial charge in [0.1, 0.15) is 0 Å². The van der Waals surface area contributed by atoms with E-state index < -0.39 is 0 Å². The maximum Gasteiger partial charge on any atom is 0.0989 e. The zero-order valence-corrected chi connectivity index (χ0v) is 10.7. The molecule has 0 unspecified atom stereocenters. The van der Waals surface area contributed by atoms with Crippen LogP contribution < -0.4 is 0 Å². The Labute approximate surface area is 99.9 Å². The van der Waals surface area contributed by atoms with Crippen molar-refractivity contribution in [2.75, 3.05) is 13.1 Å². The molecule has 1 heterocycles. The van der Waals surface area contributed by atoms with Gasteiger partial charge < -0.3 is 4.90 Å². The van der Waals surface area contributed by atoms with Gasteiger partial charge >= 0.3 is 0 Å². The molecule has 1 saturated heterocycles. The molecule has 0 bridgehead atoms. The topological polar surface area (TPSA) is 27.1 Å². The summed E-state index contributed by atoms with van der Waals surface area (Å²) in [4.78, 5) is 2.36. The standard InChI is InChI=1S/C14H26N2/c1-2-12-8-10-16(11-9-12)14(15)13-6-4-3-5-7-13/h12-13,15H,2-11H2,1H3. The van der Waals surface area contributed by atoms with E-state index in [4.69, 9.17) is 5.41 Å². The van der Waals surface area contributed by atoms with E-state index in [0.29, 0.717) is 5.92 Å². The largest absolute Gasteiger partial charge is 0.360 e. The molecule has 1 saturated carbocycles. The molecule has 16 heavy (non-hydrogen) atoms. The second-order valence-corrected chi connectivity index (χ2v) is 5.56. The van der Waals surface area contributed by atoms with Crippen LogP contribution in [0.2, 0.25) is 0 Å². The fourth-order valence-corrected chi connectivity index (χ4v) is 3.22. The number of hydrogen-bond donors (Lipinski definition) is 1. The number of likely N-dealkylation sites (tertiary alicyclic amines) is 1. The van der Waals surface area contributed by atoms with Crippen molar-refractivity contribution in [1.29, 1.82) is 5.41 Å². The smallest absolute Gasteiger partial charge is 0.0989 e. The van der Waals surface area contributed by atoms with Crippen LogP contribution in [0.25, 0.3) is 0 Å². The Kier molecular flexibility index (Phi) is 4.25. The highest BCUT2D eigenvalue weighted by molar-refractivity contribution is 5.81.